The summed E-state index contributed by atoms with van der Waals surface area (Å²) in [7, 11) is 1.83. The van der Waals surface area contributed by atoms with Gasteiger partial charge in [-0.1, -0.05) is 12.1 Å². The summed E-state index contributed by atoms with van der Waals surface area (Å²) in [6.07, 6.45) is 4.78. The zero-order chi connectivity index (χ0) is 16.7. The van der Waals surface area contributed by atoms with E-state index in [9.17, 15) is 9.59 Å². The summed E-state index contributed by atoms with van der Waals surface area (Å²) in [5.41, 5.74) is 3.17. The van der Waals surface area contributed by atoms with Crippen molar-refractivity contribution < 1.29 is 9.59 Å². The van der Waals surface area contributed by atoms with Gasteiger partial charge < -0.3 is 9.88 Å². The summed E-state index contributed by atoms with van der Waals surface area (Å²) in [5.74, 6) is 0.00506. The van der Waals surface area contributed by atoms with E-state index in [0.29, 0.717) is 24.2 Å². The number of carbonyl (C=O) groups excluding carboxylic acids is 2. The van der Waals surface area contributed by atoms with E-state index in [1.807, 2.05) is 42.1 Å². The first-order valence-corrected chi connectivity index (χ1v) is 8.04. The molecule has 6 heteroatoms. The highest BCUT2D eigenvalue weighted by molar-refractivity contribution is 6.03. The molecule has 0 radical (unpaired) electrons. The Balaban J connectivity index is 1.71. The van der Waals surface area contributed by atoms with Crippen LogP contribution < -0.4 is 5.32 Å². The maximum atomic E-state index is 12.6. The quantitative estimate of drug-likeness (QED) is 0.749. The van der Waals surface area contributed by atoms with Crippen molar-refractivity contribution in [3.05, 3.63) is 53.5 Å². The molecule has 0 unspecified atom stereocenters. The summed E-state index contributed by atoms with van der Waals surface area (Å²) in [4.78, 5) is 24.7. The molecule has 2 aromatic heterocycles. The van der Waals surface area contributed by atoms with Crippen molar-refractivity contribution in [2.24, 2.45) is 7.05 Å². The first-order valence-electron chi connectivity index (χ1n) is 8.04. The SMILES string of the molecule is Cn1cc(CC(=O)c2ccc3cc4n(c3c2)CCCNC4=O)cn1. The number of benzene rings is 1. The average molecular weight is 322 g/mol. The molecular weight excluding hydrogens is 304 g/mol. The summed E-state index contributed by atoms with van der Waals surface area (Å²) in [5, 5.41) is 7.98. The second-order valence-corrected chi connectivity index (χ2v) is 6.19. The fraction of sp³-hybridized carbons (Fsp3) is 0.278. The van der Waals surface area contributed by atoms with Gasteiger partial charge in [0.2, 0.25) is 0 Å². The van der Waals surface area contributed by atoms with Crippen LogP contribution in [0.5, 0.6) is 0 Å². The molecule has 6 nitrogen and oxygen atoms in total. The van der Waals surface area contributed by atoms with E-state index in [0.717, 1.165) is 29.4 Å². The Bertz CT molecular complexity index is 951. The fourth-order valence-electron chi connectivity index (χ4n) is 3.24. The monoisotopic (exact) mass is 322 g/mol. The molecule has 1 amide bonds. The van der Waals surface area contributed by atoms with Gasteiger partial charge >= 0.3 is 0 Å². The molecule has 0 spiro atoms. The molecule has 122 valence electrons. The van der Waals surface area contributed by atoms with Crippen molar-refractivity contribution in [2.75, 3.05) is 6.54 Å². The van der Waals surface area contributed by atoms with Gasteiger partial charge in [0.05, 0.1) is 6.20 Å². The zero-order valence-corrected chi connectivity index (χ0v) is 13.5. The first-order chi connectivity index (χ1) is 11.6. The fourth-order valence-corrected chi connectivity index (χ4v) is 3.24. The number of carbonyl (C=O) groups is 2. The smallest absolute Gasteiger partial charge is 0.267 e. The Hall–Kier alpha value is -2.89. The minimum absolute atomic E-state index is 0.0491. The molecule has 0 atom stereocenters. The number of hydrogen-bond acceptors (Lipinski definition) is 3. The van der Waals surface area contributed by atoms with Crippen molar-refractivity contribution in [1.29, 1.82) is 0 Å². The lowest BCUT2D eigenvalue weighted by atomic mass is 10.0. The van der Waals surface area contributed by atoms with Crippen molar-refractivity contribution in [1.82, 2.24) is 19.7 Å². The van der Waals surface area contributed by atoms with Gasteiger partial charge in [0.1, 0.15) is 5.69 Å². The lowest BCUT2D eigenvalue weighted by molar-refractivity contribution is 0.0950. The predicted molar refractivity (Wildman–Crippen MR) is 90.1 cm³/mol. The van der Waals surface area contributed by atoms with E-state index in [2.05, 4.69) is 10.4 Å². The normalized spacial score (nSPS) is 14.3. The van der Waals surface area contributed by atoms with Crippen molar-refractivity contribution in [2.45, 2.75) is 19.4 Å². The predicted octanol–water partition coefficient (Wildman–Crippen LogP) is 1.93. The van der Waals surface area contributed by atoms with Crippen LogP contribution in [0.4, 0.5) is 0 Å². The molecule has 0 fully saturated rings. The highest BCUT2D eigenvalue weighted by Gasteiger charge is 2.19. The minimum atomic E-state index is -0.0491. The van der Waals surface area contributed by atoms with Crippen LogP contribution in [0.1, 0.15) is 32.8 Å². The molecule has 4 rings (SSSR count). The van der Waals surface area contributed by atoms with Crippen molar-refractivity contribution in [3.8, 4) is 0 Å². The molecule has 3 heterocycles. The molecule has 0 saturated heterocycles. The maximum Gasteiger partial charge on any atom is 0.267 e. The van der Waals surface area contributed by atoms with Crippen LogP contribution in [-0.2, 0) is 20.0 Å². The van der Waals surface area contributed by atoms with Crippen LogP contribution in [0.25, 0.3) is 10.9 Å². The number of aromatic nitrogens is 3. The van der Waals surface area contributed by atoms with Gasteiger partial charge in [-0.3, -0.25) is 14.3 Å². The van der Waals surface area contributed by atoms with E-state index in [-0.39, 0.29) is 11.7 Å². The number of rotatable bonds is 3. The molecule has 1 N–H and O–H groups in total. The molecule has 24 heavy (non-hydrogen) atoms. The van der Waals surface area contributed by atoms with Gasteiger partial charge in [-0.2, -0.15) is 5.10 Å². The largest absolute Gasteiger partial charge is 0.351 e. The Labute approximate surface area is 139 Å². The summed E-state index contributed by atoms with van der Waals surface area (Å²) in [6.45, 7) is 1.46. The number of aryl methyl sites for hydroxylation is 2. The number of amides is 1. The highest BCUT2D eigenvalue weighted by atomic mass is 16.2. The second kappa shape index (κ2) is 5.63. The Kier molecular flexibility index (Phi) is 3.45. The maximum absolute atomic E-state index is 12.6. The van der Waals surface area contributed by atoms with Gasteiger partial charge in [-0.05, 0) is 24.1 Å². The summed E-state index contributed by atoms with van der Waals surface area (Å²) >= 11 is 0. The molecule has 0 aliphatic carbocycles. The van der Waals surface area contributed by atoms with Gasteiger partial charge in [0, 0.05) is 49.2 Å². The van der Waals surface area contributed by atoms with Crippen LogP contribution >= 0.6 is 0 Å². The third-order valence-electron chi connectivity index (χ3n) is 4.43. The van der Waals surface area contributed by atoms with Crippen molar-refractivity contribution in [3.63, 3.8) is 0 Å². The number of fused-ring (bicyclic) bond motifs is 3. The Morgan fingerprint density at radius 3 is 3.00 bits per heavy atom. The van der Waals surface area contributed by atoms with Crippen LogP contribution in [0.3, 0.4) is 0 Å². The van der Waals surface area contributed by atoms with E-state index in [1.54, 1.807) is 10.9 Å². The molecule has 0 bridgehead atoms. The first kappa shape index (κ1) is 14.7. The van der Waals surface area contributed by atoms with Gasteiger partial charge in [0.15, 0.2) is 5.78 Å². The van der Waals surface area contributed by atoms with Gasteiger partial charge in [-0.25, -0.2) is 0 Å². The number of Topliss-reactive ketones (excluding diaryl/α,β-unsaturated/α-hetero) is 1. The third kappa shape index (κ3) is 2.50. The molecule has 3 aromatic rings. The van der Waals surface area contributed by atoms with E-state index in [4.69, 9.17) is 0 Å². The van der Waals surface area contributed by atoms with Gasteiger partial charge in [0.25, 0.3) is 5.91 Å². The minimum Gasteiger partial charge on any atom is -0.351 e. The van der Waals surface area contributed by atoms with Crippen LogP contribution in [0.15, 0.2) is 36.7 Å². The third-order valence-corrected chi connectivity index (χ3v) is 4.43. The Morgan fingerprint density at radius 2 is 2.21 bits per heavy atom. The van der Waals surface area contributed by atoms with Crippen LogP contribution in [-0.4, -0.2) is 32.6 Å². The molecule has 1 aliphatic heterocycles. The number of hydrogen-bond donors (Lipinski definition) is 1. The van der Waals surface area contributed by atoms with Crippen molar-refractivity contribution >= 4 is 22.6 Å². The molecule has 1 aliphatic rings. The highest BCUT2D eigenvalue weighted by Crippen LogP contribution is 2.24. The van der Waals surface area contributed by atoms with E-state index >= 15 is 0 Å². The average Bonchev–Trinajstić information content (AvgIpc) is 3.09. The standard InChI is InChI=1S/C18H18N4O2/c1-21-11-12(10-20-21)7-17(23)14-4-3-13-8-16-18(24)19-5-2-6-22(16)15(13)9-14/h3-4,8-11H,2,5-7H2,1H3,(H,19,24). The summed E-state index contributed by atoms with van der Waals surface area (Å²) in [6, 6.07) is 7.54. The number of nitrogens with zero attached hydrogens (tertiary/aromatic N) is 3. The summed E-state index contributed by atoms with van der Waals surface area (Å²) < 4.78 is 3.70. The topological polar surface area (TPSA) is 68.9 Å². The zero-order valence-electron chi connectivity index (χ0n) is 13.5. The second-order valence-electron chi connectivity index (χ2n) is 6.19. The molecule has 0 saturated carbocycles. The van der Waals surface area contributed by atoms with Crippen LogP contribution in [0.2, 0.25) is 0 Å². The Morgan fingerprint density at radius 1 is 1.33 bits per heavy atom. The van der Waals surface area contributed by atoms with Crippen LogP contribution in [0, 0.1) is 0 Å². The molecule has 1 aromatic carbocycles. The lowest BCUT2D eigenvalue weighted by Crippen LogP contribution is -2.22. The number of nitrogens with one attached hydrogen (secondary N) is 1. The van der Waals surface area contributed by atoms with E-state index in [1.165, 1.54) is 0 Å². The lowest BCUT2D eigenvalue weighted by Gasteiger charge is -2.06. The van der Waals surface area contributed by atoms with E-state index < -0.39 is 0 Å². The number of ketones is 1. The molecular formula is C18H18N4O2. The van der Waals surface area contributed by atoms with Gasteiger partial charge in [-0.15, -0.1) is 0 Å².